The molecule has 1 rings (SSSR count). The van der Waals surface area contributed by atoms with Crippen molar-refractivity contribution in [2.75, 3.05) is 19.8 Å². The van der Waals surface area contributed by atoms with E-state index < -0.39 is 0 Å². The van der Waals surface area contributed by atoms with E-state index in [0.717, 1.165) is 38.7 Å². The molecule has 0 amide bonds. The van der Waals surface area contributed by atoms with Crippen LogP contribution in [0.3, 0.4) is 0 Å². The Labute approximate surface area is 99.4 Å². The lowest BCUT2D eigenvalue weighted by Gasteiger charge is -2.30. The normalized spacial score (nSPS) is 24.6. The summed E-state index contributed by atoms with van der Waals surface area (Å²) in [5.74, 6) is 0. The van der Waals surface area contributed by atoms with Gasteiger partial charge in [0.05, 0.1) is 6.10 Å². The van der Waals surface area contributed by atoms with Crippen LogP contribution < -0.4 is 5.73 Å². The second kappa shape index (κ2) is 7.25. The number of rotatable bonds is 8. The summed E-state index contributed by atoms with van der Waals surface area (Å²) in [5.41, 5.74) is 5.77. The molecule has 0 saturated carbocycles. The van der Waals surface area contributed by atoms with Gasteiger partial charge in [-0.2, -0.15) is 0 Å². The summed E-state index contributed by atoms with van der Waals surface area (Å²) in [5, 5.41) is 9.49. The van der Waals surface area contributed by atoms with Crippen molar-refractivity contribution in [3.8, 4) is 0 Å². The average molecular weight is 229 g/mol. The molecule has 3 heteroatoms. The van der Waals surface area contributed by atoms with Crippen LogP contribution in [0.2, 0.25) is 0 Å². The van der Waals surface area contributed by atoms with Gasteiger partial charge in [-0.05, 0) is 32.1 Å². The van der Waals surface area contributed by atoms with Crippen LogP contribution in [-0.4, -0.2) is 31.0 Å². The number of hydrogen-bond donors (Lipinski definition) is 2. The van der Waals surface area contributed by atoms with Crippen molar-refractivity contribution >= 4 is 0 Å². The first-order valence-corrected chi connectivity index (χ1v) is 6.69. The van der Waals surface area contributed by atoms with Crippen LogP contribution in [0.15, 0.2) is 0 Å². The summed E-state index contributed by atoms with van der Waals surface area (Å²) in [6.07, 6.45) is 8.31. The Morgan fingerprint density at radius 3 is 2.75 bits per heavy atom. The maximum absolute atomic E-state index is 9.49. The molecule has 0 aromatic heterocycles. The standard InChI is InChI=1S/C13H27NO2/c1-2-7-13(10-14,11-15)8-3-5-12-6-4-9-16-12/h12,15H,2-11,14H2,1H3. The van der Waals surface area contributed by atoms with E-state index in [1.165, 1.54) is 12.8 Å². The second-order valence-electron chi connectivity index (χ2n) is 5.14. The highest BCUT2D eigenvalue weighted by Gasteiger charge is 2.27. The molecule has 1 fully saturated rings. The summed E-state index contributed by atoms with van der Waals surface area (Å²) in [7, 11) is 0. The number of ether oxygens (including phenoxy) is 1. The number of aliphatic hydroxyl groups excluding tert-OH is 1. The minimum Gasteiger partial charge on any atom is -0.396 e. The van der Waals surface area contributed by atoms with Gasteiger partial charge in [0.2, 0.25) is 0 Å². The summed E-state index contributed by atoms with van der Waals surface area (Å²) in [6.45, 7) is 3.91. The SMILES string of the molecule is CCCC(CN)(CO)CCCC1CCCO1. The smallest absolute Gasteiger partial charge is 0.0576 e. The second-order valence-corrected chi connectivity index (χ2v) is 5.14. The maximum atomic E-state index is 9.49. The monoisotopic (exact) mass is 229 g/mol. The first-order valence-electron chi connectivity index (χ1n) is 6.69. The summed E-state index contributed by atoms with van der Waals surface area (Å²) < 4.78 is 5.60. The van der Waals surface area contributed by atoms with E-state index >= 15 is 0 Å². The van der Waals surface area contributed by atoms with Crippen LogP contribution in [0.25, 0.3) is 0 Å². The lowest BCUT2D eigenvalue weighted by Crippen LogP contribution is -2.34. The Kier molecular flexibility index (Phi) is 6.32. The zero-order valence-corrected chi connectivity index (χ0v) is 10.6. The van der Waals surface area contributed by atoms with E-state index in [1.54, 1.807) is 0 Å². The summed E-state index contributed by atoms with van der Waals surface area (Å²) >= 11 is 0. The fourth-order valence-corrected chi connectivity index (χ4v) is 2.66. The molecule has 0 aromatic rings. The van der Waals surface area contributed by atoms with Crippen molar-refractivity contribution < 1.29 is 9.84 Å². The van der Waals surface area contributed by atoms with Gasteiger partial charge in [0.1, 0.15) is 0 Å². The Balaban J connectivity index is 2.25. The zero-order valence-electron chi connectivity index (χ0n) is 10.6. The molecule has 2 atom stereocenters. The summed E-state index contributed by atoms with van der Waals surface area (Å²) in [4.78, 5) is 0. The molecule has 1 aliphatic rings. The van der Waals surface area contributed by atoms with Crippen molar-refractivity contribution in [3.63, 3.8) is 0 Å². The van der Waals surface area contributed by atoms with Crippen molar-refractivity contribution in [1.29, 1.82) is 0 Å². The molecule has 1 aliphatic heterocycles. The van der Waals surface area contributed by atoms with Gasteiger partial charge in [0, 0.05) is 25.2 Å². The Hall–Kier alpha value is -0.120. The highest BCUT2D eigenvalue weighted by atomic mass is 16.5. The molecule has 2 unspecified atom stereocenters. The minimum atomic E-state index is -0.0344. The molecule has 0 radical (unpaired) electrons. The highest BCUT2D eigenvalue weighted by Crippen LogP contribution is 2.30. The Morgan fingerprint density at radius 2 is 2.25 bits per heavy atom. The van der Waals surface area contributed by atoms with Gasteiger partial charge in [0.25, 0.3) is 0 Å². The average Bonchev–Trinajstić information content (AvgIpc) is 2.81. The van der Waals surface area contributed by atoms with Crippen LogP contribution in [0.1, 0.15) is 51.9 Å². The predicted octanol–water partition coefficient (Wildman–Crippen LogP) is 2.07. The third kappa shape index (κ3) is 4.04. The Bertz CT molecular complexity index is 175. The predicted molar refractivity (Wildman–Crippen MR) is 66.3 cm³/mol. The Morgan fingerprint density at radius 1 is 1.44 bits per heavy atom. The van der Waals surface area contributed by atoms with Gasteiger partial charge >= 0.3 is 0 Å². The number of nitrogens with two attached hydrogens (primary N) is 1. The van der Waals surface area contributed by atoms with Gasteiger partial charge in [-0.3, -0.25) is 0 Å². The van der Waals surface area contributed by atoms with Gasteiger partial charge < -0.3 is 15.6 Å². The first-order chi connectivity index (χ1) is 7.76. The molecule has 1 heterocycles. The van der Waals surface area contributed by atoms with E-state index in [2.05, 4.69) is 6.92 Å². The minimum absolute atomic E-state index is 0.0344. The quantitative estimate of drug-likeness (QED) is 0.670. The van der Waals surface area contributed by atoms with Gasteiger partial charge in [0.15, 0.2) is 0 Å². The first kappa shape index (κ1) is 13.9. The molecule has 3 nitrogen and oxygen atoms in total. The molecular weight excluding hydrogens is 202 g/mol. The van der Waals surface area contributed by atoms with Crippen LogP contribution in [0.5, 0.6) is 0 Å². The molecule has 0 aliphatic carbocycles. The van der Waals surface area contributed by atoms with Crippen molar-refractivity contribution in [2.24, 2.45) is 11.1 Å². The van der Waals surface area contributed by atoms with Crippen molar-refractivity contribution in [1.82, 2.24) is 0 Å². The van der Waals surface area contributed by atoms with Crippen LogP contribution in [-0.2, 0) is 4.74 Å². The van der Waals surface area contributed by atoms with E-state index in [0.29, 0.717) is 12.6 Å². The molecular formula is C13H27NO2. The highest BCUT2D eigenvalue weighted by molar-refractivity contribution is 4.80. The van der Waals surface area contributed by atoms with E-state index in [9.17, 15) is 5.11 Å². The lowest BCUT2D eigenvalue weighted by atomic mass is 9.79. The van der Waals surface area contributed by atoms with E-state index in [1.807, 2.05) is 0 Å². The molecule has 0 aromatic carbocycles. The molecule has 96 valence electrons. The van der Waals surface area contributed by atoms with Crippen LogP contribution >= 0.6 is 0 Å². The van der Waals surface area contributed by atoms with E-state index in [4.69, 9.17) is 10.5 Å². The fraction of sp³-hybridized carbons (Fsp3) is 1.00. The fourth-order valence-electron chi connectivity index (χ4n) is 2.66. The topological polar surface area (TPSA) is 55.5 Å². The summed E-state index contributed by atoms with van der Waals surface area (Å²) in [6, 6.07) is 0. The number of hydrogen-bond acceptors (Lipinski definition) is 3. The van der Waals surface area contributed by atoms with Crippen molar-refractivity contribution in [3.05, 3.63) is 0 Å². The lowest BCUT2D eigenvalue weighted by molar-refractivity contribution is 0.0818. The van der Waals surface area contributed by atoms with Crippen LogP contribution in [0.4, 0.5) is 0 Å². The molecule has 3 N–H and O–H groups in total. The van der Waals surface area contributed by atoms with Crippen LogP contribution in [0, 0.1) is 5.41 Å². The third-order valence-electron chi connectivity index (χ3n) is 3.81. The van der Waals surface area contributed by atoms with Crippen molar-refractivity contribution in [2.45, 2.75) is 58.0 Å². The molecule has 1 saturated heterocycles. The molecule has 16 heavy (non-hydrogen) atoms. The van der Waals surface area contributed by atoms with Gasteiger partial charge in [-0.25, -0.2) is 0 Å². The molecule has 0 bridgehead atoms. The maximum Gasteiger partial charge on any atom is 0.0576 e. The van der Waals surface area contributed by atoms with E-state index in [-0.39, 0.29) is 12.0 Å². The zero-order chi connectivity index (χ0) is 11.9. The van der Waals surface area contributed by atoms with Gasteiger partial charge in [-0.15, -0.1) is 0 Å². The molecule has 0 spiro atoms. The largest absolute Gasteiger partial charge is 0.396 e. The number of aliphatic hydroxyl groups is 1. The third-order valence-corrected chi connectivity index (χ3v) is 3.81. The van der Waals surface area contributed by atoms with Gasteiger partial charge in [-0.1, -0.05) is 19.8 Å².